The van der Waals surface area contributed by atoms with Gasteiger partial charge in [0.15, 0.2) is 0 Å². The monoisotopic (exact) mass is 239 g/mol. The molecule has 5 heteroatoms. The summed E-state index contributed by atoms with van der Waals surface area (Å²) in [6, 6.07) is 0. The zero-order valence-corrected chi connectivity index (χ0v) is 10.4. The SMILES string of the molecule is COC1(c2noc(CCCCCN)n2)CCC1. The minimum Gasteiger partial charge on any atom is -0.370 e. The first-order chi connectivity index (χ1) is 8.30. The van der Waals surface area contributed by atoms with Crippen molar-refractivity contribution in [1.29, 1.82) is 0 Å². The van der Waals surface area contributed by atoms with Gasteiger partial charge in [-0.3, -0.25) is 0 Å². The maximum Gasteiger partial charge on any atom is 0.226 e. The second-order valence-corrected chi connectivity index (χ2v) is 4.66. The first-order valence-corrected chi connectivity index (χ1v) is 6.39. The van der Waals surface area contributed by atoms with Gasteiger partial charge in [-0.2, -0.15) is 4.98 Å². The second kappa shape index (κ2) is 5.60. The number of nitrogens with zero attached hydrogens (tertiary/aromatic N) is 2. The Balaban J connectivity index is 1.87. The molecule has 0 saturated heterocycles. The standard InChI is InChI=1S/C12H21N3O2/c1-16-12(7-5-8-12)11-14-10(17-15-11)6-3-2-4-9-13/h2-9,13H2,1H3. The van der Waals surface area contributed by atoms with Crippen LogP contribution in [0.4, 0.5) is 0 Å². The normalized spacial score (nSPS) is 18.0. The molecule has 0 aliphatic heterocycles. The van der Waals surface area contributed by atoms with Crippen LogP contribution in [0.1, 0.15) is 50.2 Å². The Labute approximate surface area is 102 Å². The molecular formula is C12H21N3O2. The fraction of sp³-hybridized carbons (Fsp3) is 0.833. The molecule has 0 spiro atoms. The minimum absolute atomic E-state index is 0.265. The first-order valence-electron chi connectivity index (χ1n) is 6.39. The number of methoxy groups -OCH3 is 1. The van der Waals surface area contributed by atoms with Gasteiger partial charge in [-0.15, -0.1) is 0 Å². The Hall–Kier alpha value is -0.940. The molecule has 1 aliphatic rings. The van der Waals surface area contributed by atoms with Gasteiger partial charge in [0.1, 0.15) is 5.60 Å². The Morgan fingerprint density at radius 2 is 2.18 bits per heavy atom. The summed E-state index contributed by atoms with van der Waals surface area (Å²) in [6.07, 6.45) is 7.23. The number of aryl methyl sites for hydroxylation is 1. The lowest BCUT2D eigenvalue weighted by atomic mass is 9.79. The Bertz CT molecular complexity index is 342. The molecule has 1 saturated carbocycles. The van der Waals surface area contributed by atoms with Crippen LogP contribution in [0.25, 0.3) is 0 Å². The highest BCUT2D eigenvalue weighted by molar-refractivity contribution is 5.06. The molecule has 17 heavy (non-hydrogen) atoms. The Morgan fingerprint density at radius 1 is 1.35 bits per heavy atom. The van der Waals surface area contributed by atoms with Crippen LogP contribution in [-0.2, 0) is 16.8 Å². The molecule has 1 heterocycles. The van der Waals surface area contributed by atoms with E-state index in [0.717, 1.165) is 56.8 Å². The smallest absolute Gasteiger partial charge is 0.226 e. The molecule has 0 bridgehead atoms. The number of rotatable bonds is 7. The fourth-order valence-corrected chi connectivity index (χ4v) is 2.16. The van der Waals surface area contributed by atoms with Crippen molar-refractivity contribution < 1.29 is 9.26 Å². The molecule has 1 aliphatic carbocycles. The number of hydrogen-bond acceptors (Lipinski definition) is 5. The summed E-state index contributed by atoms with van der Waals surface area (Å²) >= 11 is 0. The lowest BCUT2D eigenvalue weighted by Gasteiger charge is -2.37. The van der Waals surface area contributed by atoms with E-state index in [-0.39, 0.29) is 5.60 Å². The molecule has 2 rings (SSSR count). The van der Waals surface area contributed by atoms with Crippen molar-refractivity contribution in [3.8, 4) is 0 Å². The highest BCUT2D eigenvalue weighted by Crippen LogP contribution is 2.42. The number of aromatic nitrogens is 2. The predicted octanol–water partition coefficient (Wildman–Crippen LogP) is 1.77. The molecule has 0 amide bonds. The van der Waals surface area contributed by atoms with Crippen LogP contribution in [0, 0.1) is 0 Å². The fourth-order valence-electron chi connectivity index (χ4n) is 2.16. The maximum absolute atomic E-state index is 5.51. The summed E-state index contributed by atoms with van der Waals surface area (Å²) in [5.41, 5.74) is 5.18. The lowest BCUT2D eigenvalue weighted by molar-refractivity contribution is -0.0858. The van der Waals surface area contributed by atoms with Crippen molar-refractivity contribution in [3.63, 3.8) is 0 Å². The van der Waals surface area contributed by atoms with Gasteiger partial charge in [-0.25, -0.2) is 0 Å². The highest BCUT2D eigenvalue weighted by atomic mass is 16.5. The van der Waals surface area contributed by atoms with Crippen LogP contribution >= 0.6 is 0 Å². The number of nitrogens with two attached hydrogens (primary N) is 1. The molecular weight excluding hydrogens is 218 g/mol. The third-order valence-corrected chi connectivity index (χ3v) is 3.52. The van der Waals surface area contributed by atoms with Crippen molar-refractivity contribution in [2.45, 2.75) is 50.5 Å². The summed E-state index contributed by atoms with van der Waals surface area (Å²) in [7, 11) is 1.72. The Kier molecular flexibility index (Phi) is 4.12. The molecule has 1 aromatic heterocycles. The van der Waals surface area contributed by atoms with E-state index in [1.54, 1.807) is 7.11 Å². The van der Waals surface area contributed by atoms with Crippen molar-refractivity contribution in [1.82, 2.24) is 10.1 Å². The van der Waals surface area contributed by atoms with E-state index in [2.05, 4.69) is 10.1 Å². The zero-order chi connectivity index (χ0) is 12.1. The topological polar surface area (TPSA) is 74.2 Å². The third-order valence-electron chi connectivity index (χ3n) is 3.52. The average Bonchev–Trinajstić information content (AvgIpc) is 2.73. The molecule has 5 nitrogen and oxygen atoms in total. The van der Waals surface area contributed by atoms with Crippen molar-refractivity contribution >= 4 is 0 Å². The van der Waals surface area contributed by atoms with Gasteiger partial charge in [-0.05, 0) is 38.6 Å². The second-order valence-electron chi connectivity index (χ2n) is 4.66. The number of unbranched alkanes of at least 4 members (excludes halogenated alkanes) is 2. The molecule has 0 unspecified atom stereocenters. The van der Waals surface area contributed by atoms with Crippen molar-refractivity contribution in [2.75, 3.05) is 13.7 Å². The number of hydrogen-bond donors (Lipinski definition) is 1. The van der Waals surface area contributed by atoms with Gasteiger partial charge in [0.2, 0.25) is 11.7 Å². The minimum atomic E-state index is -0.265. The third kappa shape index (κ3) is 2.66. The Morgan fingerprint density at radius 3 is 2.76 bits per heavy atom. The lowest BCUT2D eigenvalue weighted by Crippen LogP contribution is -2.37. The zero-order valence-electron chi connectivity index (χ0n) is 10.4. The van der Waals surface area contributed by atoms with Crippen LogP contribution < -0.4 is 5.73 Å². The van der Waals surface area contributed by atoms with E-state index in [4.69, 9.17) is 15.0 Å². The van der Waals surface area contributed by atoms with E-state index < -0.39 is 0 Å². The van der Waals surface area contributed by atoms with E-state index in [0.29, 0.717) is 0 Å². The molecule has 0 aromatic carbocycles. The van der Waals surface area contributed by atoms with Gasteiger partial charge < -0.3 is 15.0 Å². The summed E-state index contributed by atoms with van der Waals surface area (Å²) in [5.74, 6) is 1.44. The van der Waals surface area contributed by atoms with E-state index in [1.807, 2.05) is 0 Å². The van der Waals surface area contributed by atoms with Gasteiger partial charge in [0.25, 0.3) is 0 Å². The van der Waals surface area contributed by atoms with Crippen LogP contribution in [0.15, 0.2) is 4.52 Å². The van der Waals surface area contributed by atoms with Crippen LogP contribution in [0.3, 0.4) is 0 Å². The predicted molar refractivity (Wildman–Crippen MR) is 63.4 cm³/mol. The summed E-state index contributed by atoms with van der Waals surface area (Å²) < 4.78 is 10.8. The van der Waals surface area contributed by atoms with E-state index >= 15 is 0 Å². The van der Waals surface area contributed by atoms with E-state index in [9.17, 15) is 0 Å². The van der Waals surface area contributed by atoms with Crippen LogP contribution in [-0.4, -0.2) is 23.8 Å². The quantitative estimate of drug-likeness (QED) is 0.734. The van der Waals surface area contributed by atoms with Gasteiger partial charge in [0.05, 0.1) is 0 Å². The summed E-state index contributed by atoms with van der Waals surface area (Å²) in [6.45, 7) is 0.752. The van der Waals surface area contributed by atoms with Gasteiger partial charge in [-0.1, -0.05) is 11.6 Å². The summed E-state index contributed by atoms with van der Waals surface area (Å²) in [5, 5.41) is 4.04. The van der Waals surface area contributed by atoms with Crippen LogP contribution in [0.2, 0.25) is 0 Å². The average molecular weight is 239 g/mol. The van der Waals surface area contributed by atoms with Gasteiger partial charge >= 0.3 is 0 Å². The summed E-state index contributed by atoms with van der Waals surface area (Å²) in [4.78, 5) is 4.44. The molecule has 0 radical (unpaired) electrons. The molecule has 2 N–H and O–H groups in total. The highest BCUT2D eigenvalue weighted by Gasteiger charge is 2.43. The first kappa shape index (κ1) is 12.5. The molecule has 96 valence electrons. The van der Waals surface area contributed by atoms with Crippen molar-refractivity contribution in [2.24, 2.45) is 5.73 Å². The molecule has 0 atom stereocenters. The van der Waals surface area contributed by atoms with Crippen LogP contribution in [0.5, 0.6) is 0 Å². The number of ether oxygens (including phenoxy) is 1. The maximum atomic E-state index is 5.51. The van der Waals surface area contributed by atoms with Gasteiger partial charge in [0, 0.05) is 13.5 Å². The molecule has 1 fully saturated rings. The van der Waals surface area contributed by atoms with Crippen molar-refractivity contribution in [3.05, 3.63) is 11.7 Å². The van der Waals surface area contributed by atoms with E-state index in [1.165, 1.54) is 6.42 Å². The largest absolute Gasteiger partial charge is 0.370 e. The molecule has 1 aromatic rings.